The summed E-state index contributed by atoms with van der Waals surface area (Å²) in [7, 11) is 0. The van der Waals surface area contributed by atoms with E-state index in [1.165, 1.54) is 11.8 Å². The van der Waals surface area contributed by atoms with Crippen molar-refractivity contribution in [3.05, 3.63) is 65.2 Å². The molecule has 0 N–H and O–H groups in total. The molecule has 2 aromatic rings. The molecule has 2 aromatic carbocycles. The second-order valence-corrected chi connectivity index (χ2v) is 5.93. The van der Waals surface area contributed by atoms with Crippen molar-refractivity contribution in [1.82, 2.24) is 0 Å². The van der Waals surface area contributed by atoms with Gasteiger partial charge in [0.1, 0.15) is 4.71 Å². The van der Waals surface area contributed by atoms with Gasteiger partial charge < -0.3 is 0 Å². The highest BCUT2D eigenvalue weighted by molar-refractivity contribution is 8.01. The summed E-state index contributed by atoms with van der Waals surface area (Å²) in [5.74, 6) is -0.0859. The largest absolute Gasteiger partial charge is 0.292 e. The first-order valence-corrected chi connectivity index (χ1v) is 7.02. The number of carbonyl (C=O) groups excluding carboxylic acids is 1. The Morgan fingerprint density at radius 1 is 1.00 bits per heavy atom. The average molecular weight is 297 g/mol. The minimum absolute atomic E-state index is 0.0859. The maximum atomic E-state index is 12.0. The van der Waals surface area contributed by atoms with Gasteiger partial charge in [0.05, 0.1) is 0 Å². The van der Waals surface area contributed by atoms with E-state index in [-0.39, 0.29) is 5.78 Å². The zero-order valence-electron chi connectivity index (χ0n) is 9.35. The zero-order chi connectivity index (χ0) is 13.0. The molecule has 0 fully saturated rings. The molecular formula is C14H10Cl2OS. The standard InChI is InChI=1S/C14H10Cl2OS/c15-11-6-8-12(9-7-11)18-14(16)13(17)10-4-2-1-3-5-10/h1-9,14H. The van der Waals surface area contributed by atoms with Crippen LogP contribution in [-0.2, 0) is 0 Å². The molecule has 1 nitrogen and oxygen atoms in total. The molecule has 0 aliphatic carbocycles. The normalized spacial score (nSPS) is 12.1. The van der Waals surface area contributed by atoms with Crippen LogP contribution in [-0.4, -0.2) is 10.5 Å². The van der Waals surface area contributed by atoms with Gasteiger partial charge in [0, 0.05) is 15.5 Å². The summed E-state index contributed by atoms with van der Waals surface area (Å²) in [5.41, 5.74) is 0.624. The highest BCUT2D eigenvalue weighted by Crippen LogP contribution is 2.29. The Morgan fingerprint density at radius 3 is 2.22 bits per heavy atom. The Labute approximate surface area is 120 Å². The second-order valence-electron chi connectivity index (χ2n) is 3.62. The maximum absolute atomic E-state index is 12.0. The molecule has 1 atom stereocenters. The predicted molar refractivity (Wildman–Crippen MR) is 77.7 cm³/mol. The third-order valence-corrected chi connectivity index (χ3v) is 4.00. The summed E-state index contributed by atoms with van der Waals surface area (Å²) in [4.78, 5) is 13.0. The van der Waals surface area contributed by atoms with E-state index in [4.69, 9.17) is 23.2 Å². The molecule has 0 saturated heterocycles. The van der Waals surface area contributed by atoms with E-state index in [0.29, 0.717) is 10.6 Å². The minimum Gasteiger partial charge on any atom is -0.292 e. The van der Waals surface area contributed by atoms with Crippen LogP contribution in [0.25, 0.3) is 0 Å². The smallest absolute Gasteiger partial charge is 0.191 e. The number of Topliss-reactive ketones (excluding diaryl/α,β-unsaturated/α-hetero) is 1. The highest BCUT2D eigenvalue weighted by atomic mass is 35.5. The average Bonchev–Trinajstić information content (AvgIpc) is 2.41. The van der Waals surface area contributed by atoms with Gasteiger partial charge in [-0.2, -0.15) is 0 Å². The predicted octanol–water partition coefficient (Wildman–Crippen LogP) is 4.88. The number of thioether (sulfide) groups is 1. The summed E-state index contributed by atoms with van der Waals surface area (Å²) in [6, 6.07) is 16.3. The topological polar surface area (TPSA) is 17.1 Å². The van der Waals surface area contributed by atoms with Crippen molar-refractivity contribution in [2.45, 2.75) is 9.60 Å². The van der Waals surface area contributed by atoms with Gasteiger partial charge in [0.15, 0.2) is 5.78 Å². The van der Waals surface area contributed by atoms with Crippen LogP contribution < -0.4 is 0 Å². The third kappa shape index (κ3) is 3.52. The van der Waals surface area contributed by atoms with Crippen LogP contribution in [0.4, 0.5) is 0 Å². The number of hydrogen-bond donors (Lipinski definition) is 0. The van der Waals surface area contributed by atoms with Gasteiger partial charge in [-0.1, -0.05) is 53.7 Å². The van der Waals surface area contributed by atoms with Crippen molar-refractivity contribution in [1.29, 1.82) is 0 Å². The lowest BCUT2D eigenvalue weighted by Crippen LogP contribution is -2.10. The van der Waals surface area contributed by atoms with Gasteiger partial charge in [-0.15, -0.1) is 11.6 Å². The minimum atomic E-state index is -0.631. The molecule has 1 unspecified atom stereocenters. The Kier molecular flexibility index (Phi) is 4.70. The van der Waals surface area contributed by atoms with Crippen LogP contribution in [0.5, 0.6) is 0 Å². The van der Waals surface area contributed by atoms with Crippen molar-refractivity contribution >= 4 is 40.7 Å². The van der Waals surface area contributed by atoms with Crippen LogP contribution in [0.1, 0.15) is 10.4 Å². The number of hydrogen-bond acceptors (Lipinski definition) is 2. The quantitative estimate of drug-likeness (QED) is 0.454. The number of ketones is 1. The van der Waals surface area contributed by atoms with Crippen LogP contribution in [0.15, 0.2) is 59.5 Å². The molecule has 92 valence electrons. The molecule has 0 heterocycles. The SMILES string of the molecule is O=C(c1ccccc1)C(Cl)Sc1ccc(Cl)cc1. The first kappa shape index (κ1) is 13.5. The molecule has 0 bridgehead atoms. The molecule has 0 amide bonds. The van der Waals surface area contributed by atoms with Gasteiger partial charge in [-0.05, 0) is 24.3 Å². The molecule has 4 heteroatoms. The third-order valence-electron chi connectivity index (χ3n) is 2.32. The molecule has 0 aromatic heterocycles. The van der Waals surface area contributed by atoms with E-state index < -0.39 is 4.71 Å². The van der Waals surface area contributed by atoms with Crippen molar-refractivity contribution in [3.63, 3.8) is 0 Å². The van der Waals surface area contributed by atoms with Gasteiger partial charge >= 0.3 is 0 Å². The molecule has 0 saturated carbocycles. The van der Waals surface area contributed by atoms with Crippen molar-refractivity contribution in [3.8, 4) is 0 Å². The van der Waals surface area contributed by atoms with Gasteiger partial charge in [-0.25, -0.2) is 0 Å². The van der Waals surface area contributed by atoms with E-state index in [0.717, 1.165) is 4.90 Å². The number of carbonyl (C=O) groups is 1. The van der Waals surface area contributed by atoms with Crippen LogP contribution >= 0.6 is 35.0 Å². The monoisotopic (exact) mass is 296 g/mol. The molecule has 0 radical (unpaired) electrons. The summed E-state index contributed by atoms with van der Waals surface area (Å²) >= 11 is 13.2. The first-order valence-electron chi connectivity index (χ1n) is 5.32. The Morgan fingerprint density at radius 2 is 1.61 bits per heavy atom. The summed E-state index contributed by atoms with van der Waals surface area (Å²) in [6.45, 7) is 0. The Bertz CT molecular complexity index is 525. The summed E-state index contributed by atoms with van der Waals surface area (Å²) < 4.78 is -0.631. The molecular weight excluding hydrogens is 287 g/mol. The number of alkyl halides is 1. The fraction of sp³-hybridized carbons (Fsp3) is 0.0714. The fourth-order valence-corrected chi connectivity index (χ4v) is 2.76. The number of halogens is 2. The van der Waals surface area contributed by atoms with Crippen molar-refractivity contribution in [2.24, 2.45) is 0 Å². The zero-order valence-corrected chi connectivity index (χ0v) is 11.7. The maximum Gasteiger partial charge on any atom is 0.191 e. The number of rotatable bonds is 4. The second kappa shape index (κ2) is 6.28. The van der Waals surface area contributed by atoms with E-state index in [1.807, 2.05) is 30.3 Å². The lowest BCUT2D eigenvalue weighted by atomic mass is 10.1. The highest BCUT2D eigenvalue weighted by Gasteiger charge is 2.18. The molecule has 18 heavy (non-hydrogen) atoms. The molecule has 0 aliphatic rings. The fourth-order valence-electron chi connectivity index (χ4n) is 1.42. The Hall–Kier alpha value is -0.960. The van der Waals surface area contributed by atoms with Crippen LogP contribution in [0.3, 0.4) is 0 Å². The molecule has 0 aliphatic heterocycles. The lowest BCUT2D eigenvalue weighted by Gasteiger charge is -2.08. The van der Waals surface area contributed by atoms with Crippen LogP contribution in [0, 0.1) is 0 Å². The van der Waals surface area contributed by atoms with Gasteiger partial charge in [0.25, 0.3) is 0 Å². The molecule has 2 rings (SSSR count). The summed E-state index contributed by atoms with van der Waals surface area (Å²) in [6.07, 6.45) is 0. The van der Waals surface area contributed by atoms with E-state index in [2.05, 4.69) is 0 Å². The van der Waals surface area contributed by atoms with Gasteiger partial charge in [0.2, 0.25) is 0 Å². The Balaban J connectivity index is 2.06. The summed E-state index contributed by atoms with van der Waals surface area (Å²) in [5, 5.41) is 0.667. The van der Waals surface area contributed by atoms with E-state index >= 15 is 0 Å². The molecule has 0 spiro atoms. The van der Waals surface area contributed by atoms with Crippen molar-refractivity contribution in [2.75, 3.05) is 0 Å². The van der Waals surface area contributed by atoms with E-state index in [1.54, 1.807) is 24.3 Å². The lowest BCUT2D eigenvalue weighted by molar-refractivity contribution is 0.101. The first-order chi connectivity index (χ1) is 8.66. The van der Waals surface area contributed by atoms with Gasteiger partial charge in [-0.3, -0.25) is 4.79 Å². The number of benzene rings is 2. The van der Waals surface area contributed by atoms with Crippen molar-refractivity contribution < 1.29 is 4.79 Å². The van der Waals surface area contributed by atoms with Crippen LogP contribution in [0.2, 0.25) is 5.02 Å². The van der Waals surface area contributed by atoms with E-state index in [9.17, 15) is 4.79 Å².